The van der Waals surface area contributed by atoms with Crippen LogP contribution >= 0.6 is 0 Å². The van der Waals surface area contributed by atoms with Crippen molar-refractivity contribution in [1.82, 2.24) is 5.32 Å². The Labute approximate surface area is 117 Å². The van der Waals surface area contributed by atoms with E-state index in [9.17, 15) is 14.4 Å². The SMILES string of the molecule is CCOC(=O)NC(=O)COC(=O)c1cccc(C)c1C. The third kappa shape index (κ3) is 4.38. The molecule has 1 N–H and O–H groups in total. The van der Waals surface area contributed by atoms with Gasteiger partial charge in [-0.05, 0) is 38.0 Å². The van der Waals surface area contributed by atoms with Gasteiger partial charge in [0.1, 0.15) is 0 Å². The second-order valence-corrected chi connectivity index (χ2v) is 4.09. The highest BCUT2D eigenvalue weighted by molar-refractivity contribution is 5.96. The highest BCUT2D eigenvalue weighted by atomic mass is 16.6. The first-order chi connectivity index (χ1) is 9.45. The molecule has 0 unspecified atom stereocenters. The van der Waals surface area contributed by atoms with E-state index in [0.29, 0.717) is 5.56 Å². The zero-order chi connectivity index (χ0) is 15.1. The highest BCUT2D eigenvalue weighted by Crippen LogP contribution is 2.13. The number of amides is 2. The van der Waals surface area contributed by atoms with Crippen LogP contribution in [-0.2, 0) is 14.3 Å². The van der Waals surface area contributed by atoms with E-state index in [0.717, 1.165) is 11.1 Å². The third-order valence-electron chi connectivity index (χ3n) is 2.68. The number of benzene rings is 1. The largest absolute Gasteiger partial charge is 0.452 e. The molecule has 0 aliphatic heterocycles. The highest BCUT2D eigenvalue weighted by Gasteiger charge is 2.15. The van der Waals surface area contributed by atoms with Crippen molar-refractivity contribution in [1.29, 1.82) is 0 Å². The molecular weight excluding hydrogens is 262 g/mol. The Morgan fingerprint density at radius 2 is 1.85 bits per heavy atom. The Bertz CT molecular complexity index is 524. The Hall–Kier alpha value is -2.37. The Balaban J connectivity index is 2.53. The standard InChI is InChI=1S/C14H17NO5/c1-4-19-14(18)15-12(16)8-20-13(17)11-7-5-6-9(2)10(11)3/h5-7H,4,8H2,1-3H3,(H,15,16,18). The van der Waals surface area contributed by atoms with E-state index in [-0.39, 0.29) is 6.61 Å². The Morgan fingerprint density at radius 3 is 2.50 bits per heavy atom. The van der Waals surface area contributed by atoms with Crippen LogP contribution in [0.15, 0.2) is 18.2 Å². The number of ether oxygens (including phenoxy) is 2. The van der Waals surface area contributed by atoms with Crippen molar-refractivity contribution in [2.45, 2.75) is 20.8 Å². The van der Waals surface area contributed by atoms with Crippen LogP contribution in [0.5, 0.6) is 0 Å². The Kier molecular flexibility index (Phi) is 5.71. The number of aryl methyl sites for hydroxylation is 1. The van der Waals surface area contributed by atoms with Crippen LogP contribution in [0.4, 0.5) is 4.79 Å². The summed E-state index contributed by atoms with van der Waals surface area (Å²) in [6, 6.07) is 5.23. The second kappa shape index (κ2) is 7.28. The van der Waals surface area contributed by atoms with Gasteiger partial charge in [0.05, 0.1) is 12.2 Å². The predicted octanol–water partition coefficient (Wildman–Crippen LogP) is 1.73. The van der Waals surface area contributed by atoms with E-state index in [1.54, 1.807) is 26.0 Å². The summed E-state index contributed by atoms with van der Waals surface area (Å²) < 4.78 is 9.37. The van der Waals surface area contributed by atoms with Gasteiger partial charge in [-0.2, -0.15) is 0 Å². The molecule has 0 fully saturated rings. The fraction of sp³-hybridized carbons (Fsp3) is 0.357. The molecule has 0 spiro atoms. The molecule has 108 valence electrons. The smallest absolute Gasteiger partial charge is 0.413 e. The number of imide groups is 1. The zero-order valence-electron chi connectivity index (χ0n) is 11.7. The molecule has 0 saturated carbocycles. The number of esters is 1. The van der Waals surface area contributed by atoms with Gasteiger partial charge < -0.3 is 9.47 Å². The van der Waals surface area contributed by atoms with Crippen LogP contribution in [0, 0.1) is 13.8 Å². The van der Waals surface area contributed by atoms with Crippen LogP contribution in [0.3, 0.4) is 0 Å². The van der Waals surface area contributed by atoms with Crippen LogP contribution in [0.2, 0.25) is 0 Å². The van der Waals surface area contributed by atoms with E-state index < -0.39 is 24.6 Å². The lowest BCUT2D eigenvalue weighted by molar-refractivity contribution is -0.123. The van der Waals surface area contributed by atoms with Gasteiger partial charge in [-0.15, -0.1) is 0 Å². The molecule has 0 saturated heterocycles. The molecule has 0 heterocycles. The molecule has 6 heteroatoms. The number of carbonyl (C=O) groups is 3. The fourth-order valence-corrected chi connectivity index (χ4v) is 1.50. The molecular formula is C14H17NO5. The van der Waals surface area contributed by atoms with Crippen LogP contribution < -0.4 is 5.32 Å². The van der Waals surface area contributed by atoms with Gasteiger partial charge in [0.15, 0.2) is 6.61 Å². The van der Waals surface area contributed by atoms with Crippen LogP contribution in [0.25, 0.3) is 0 Å². The van der Waals surface area contributed by atoms with Crippen molar-refractivity contribution < 1.29 is 23.9 Å². The minimum atomic E-state index is -0.861. The molecule has 0 radical (unpaired) electrons. The summed E-state index contributed by atoms with van der Waals surface area (Å²) in [5.74, 6) is -1.34. The van der Waals surface area contributed by atoms with Crippen LogP contribution in [-0.4, -0.2) is 31.2 Å². The molecule has 1 aromatic carbocycles. The van der Waals surface area contributed by atoms with Crippen molar-refractivity contribution in [3.05, 3.63) is 34.9 Å². The van der Waals surface area contributed by atoms with Crippen molar-refractivity contribution in [3.63, 3.8) is 0 Å². The predicted molar refractivity (Wildman–Crippen MR) is 71.4 cm³/mol. The quantitative estimate of drug-likeness (QED) is 0.849. The molecule has 0 bridgehead atoms. The summed E-state index contributed by atoms with van der Waals surface area (Å²) in [6.45, 7) is 4.90. The van der Waals surface area contributed by atoms with E-state index in [2.05, 4.69) is 4.74 Å². The third-order valence-corrected chi connectivity index (χ3v) is 2.68. The molecule has 1 rings (SSSR count). The van der Waals surface area contributed by atoms with Gasteiger partial charge in [0.2, 0.25) is 0 Å². The second-order valence-electron chi connectivity index (χ2n) is 4.09. The van der Waals surface area contributed by atoms with E-state index in [1.165, 1.54) is 0 Å². The first-order valence-corrected chi connectivity index (χ1v) is 6.15. The lowest BCUT2D eigenvalue weighted by atomic mass is 10.0. The fourth-order valence-electron chi connectivity index (χ4n) is 1.50. The number of hydrogen-bond acceptors (Lipinski definition) is 5. The number of rotatable bonds is 4. The van der Waals surface area contributed by atoms with E-state index in [1.807, 2.05) is 18.3 Å². The van der Waals surface area contributed by atoms with Gasteiger partial charge in [0.25, 0.3) is 5.91 Å². The van der Waals surface area contributed by atoms with E-state index in [4.69, 9.17) is 4.74 Å². The summed E-state index contributed by atoms with van der Waals surface area (Å²) in [4.78, 5) is 34.1. The number of alkyl carbamates (subject to hydrolysis) is 1. The topological polar surface area (TPSA) is 81.7 Å². The zero-order valence-corrected chi connectivity index (χ0v) is 11.7. The van der Waals surface area contributed by atoms with Crippen molar-refractivity contribution in [2.75, 3.05) is 13.2 Å². The minimum absolute atomic E-state index is 0.154. The maximum Gasteiger partial charge on any atom is 0.413 e. The number of nitrogens with one attached hydrogen (secondary N) is 1. The summed E-state index contributed by atoms with van der Waals surface area (Å²) in [6.07, 6.45) is -0.861. The molecule has 2 amide bonds. The van der Waals surface area contributed by atoms with Gasteiger partial charge in [0, 0.05) is 0 Å². The average molecular weight is 279 g/mol. The molecule has 0 aliphatic rings. The average Bonchev–Trinajstić information content (AvgIpc) is 2.39. The first kappa shape index (κ1) is 15.7. The molecule has 0 aliphatic carbocycles. The minimum Gasteiger partial charge on any atom is -0.452 e. The maximum absolute atomic E-state index is 11.8. The van der Waals surface area contributed by atoms with Crippen molar-refractivity contribution in [3.8, 4) is 0 Å². The van der Waals surface area contributed by atoms with Gasteiger partial charge in [-0.25, -0.2) is 9.59 Å². The van der Waals surface area contributed by atoms with Gasteiger partial charge in [-0.3, -0.25) is 10.1 Å². The summed E-state index contributed by atoms with van der Waals surface area (Å²) >= 11 is 0. The maximum atomic E-state index is 11.8. The lowest BCUT2D eigenvalue weighted by Crippen LogP contribution is -2.34. The van der Waals surface area contributed by atoms with Crippen LogP contribution in [0.1, 0.15) is 28.4 Å². The summed E-state index contributed by atoms with van der Waals surface area (Å²) in [5, 5.41) is 1.94. The van der Waals surface area contributed by atoms with E-state index >= 15 is 0 Å². The number of carbonyl (C=O) groups excluding carboxylic acids is 3. The summed E-state index contributed by atoms with van der Waals surface area (Å²) in [7, 11) is 0. The molecule has 6 nitrogen and oxygen atoms in total. The van der Waals surface area contributed by atoms with Crippen molar-refractivity contribution >= 4 is 18.0 Å². The molecule has 1 aromatic rings. The van der Waals surface area contributed by atoms with Crippen molar-refractivity contribution in [2.24, 2.45) is 0 Å². The monoisotopic (exact) mass is 279 g/mol. The lowest BCUT2D eigenvalue weighted by Gasteiger charge is -2.08. The normalized spacial score (nSPS) is 9.75. The molecule has 20 heavy (non-hydrogen) atoms. The van der Waals surface area contributed by atoms with Gasteiger partial charge >= 0.3 is 12.1 Å². The molecule has 0 aromatic heterocycles. The Morgan fingerprint density at radius 1 is 1.15 bits per heavy atom. The summed E-state index contributed by atoms with van der Waals surface area (Å²) in [5.41, 5.74) is 2.15. The molecule has 0 atom stereocenters. The van der Waals surface area contributed by atoms with Gasteiger partial charge in [-0.1, -0.05) is 12.1 Å². The number of hydrogen-bond donors (Lipinski definition) is 1. The first-order valence-electron chi connectivity index (χ1n) is 6.15.